The topological polar surface area (TPSA) is 81.5 Å². The second-order valence-electron chi connectivity index (χ2n) is 5.35. The van der Waals surface area contributed by atoms with Gasteiger partial charge in [0.1, 0.15) is 4.90 Å². The molecule has 21 heavy (non-hydrogen) atoms. The maximum Gasteiger partial charge on any atom is 0.309 e. The lowest BCUT2D eigenvalue weighted by molar-refractivity contribution is -0.146. The van der Waals surface area contributed by atoms with Gasteiger partial charge in [-0.25, -0.2) is 8.42 Å². The Kier molecular flexibility index (Phi) is 4.38. The van der Waals surface area contributed by atoms with Gasteiger partial charge in [0.25, 0.3) is 0 Å². The zero-order chi connectivity index (χ0) is 15.8. The van der Waals surface area contributed by atoms with Gasteiger partial charge in [0.2, 0.25) is 10.0 Å². The zero-order valence-electron chi connectivity index (χ0n) is 12.8. The second kappa shape index (κ2) is 5.76. The minimum absolute atomic E-state index is 0.169. The predicted octanol–water partition coefficient (Wildman–Crippen LogP) is 0.611. The smallest absolute Gasteiger partial charge is 0.309 e. The quantitative estimate of drug-likeness (QED) is 0.763. The molecule has 0 radical (unpaired) electrons. The Morgan fingerprint density at radius 3 is 2.57 bits per heavy atom. The molecule has 0 spiro atoms. The molecule has 1 fully saturated rings. The van der Waals surface area contributed by atoms with E-state index in [1.807, 2.05) is 0 Å². The number of aryl methyl sites for hydroxylation is 2. The summed E-state index contributed by atoms with van der Waals surface area (Å²) in [4.78, 5) is 11.9. The fourth-order valence-corrected chi connectivity index (χ4v) is 4.70. The molecule has 0 amide bonds. The van der Waals surface area contributed by atoms with Crippen LogP contribution in [-0.2, 0) is 26.6 Å². The van der Waals surface area contributed by atoms with Gasteiger partial charge in [-0.15, -0.1) is 0 Å². The van der Waals surface area contributed by atoms with E-state index in [-0.39, 0.29) is 17.4 Å². The molecule has 2 rings (SSSR count). The number of esters is 1. The van der Waals surface area contributed by atoms with Crippen LogP contribution < -0.4 is 0 Å². The van der Waals surface area contributed by atoms with Crippen molar-refractivity contribution >= 4 is 16.0 Å². The van der Waals surface area contributed by atoms with E-state index in [4.69, 9.17) is 4.74 Å². The number of hydrogen-bond donors (Lipinski definition) is 0. The molecule has 0 saturated carbocycles. The van der Waals surface area contributed by atoms with Crippen LogP contribution in [0.15, 0.2) is 4.90 Å². The first-order valence-corrected chi connectivity index (χ1v) is 8.31. The summed E-state index contributed by atoms with van der Waals surface area (Å²) in [5.74, 6) is -0.745. The lowest BCUT2D eigenvalue weighted by Gasteiger charge is -2.30. The van der Waals surface area contributed by atoms with Crippen LogP contribution in [-0.4, -0.2) is 48.7 Å². The highest BCUT2D eigenvalue weighted by Gasteiger charge is 2.36. The Morgan fingerprint density at radius 1 is 1.38 bits per heavy atom. The summed E-state index contributed by atoms with van der Waals surface area (Å²) in [7, 11) is -0.593. The minimum atomic E-state index is -3.63. The molecule has 7 nitrogen and oxygen atoms in total. The van der Waals surface area contributed by atoms with Crippen molar-refractivity contribution in [3.8, 4) is 0 Å². The van der Waals surface area contributed by atoms with E-state index in [1.165, 1.54) is 11.4 Å². The molecule has 118 valence electrons. The molecule has 1 atom stereocenters. The number of aromatic nitrogens is 2. The third-order valence-electron chi connectivity index (χ3n) is 3.96. The molecule has 1 aliphatic heterocycles. The van der Waals surface area contributed by atoms with Crippen LogP contribution in [0.4, 0.5) is 0 Å². The zero-order valence-corrected chi connectivity index (χ0v) is 13.6. The fourth-order valence-electron chi connectivity index (χ4n) is 2.78. The number of carbonyl (C=O) groups is 1. The molecule has 1 aromatic heterocycles. The number of rotatable bonds is 3. The molecule has 8 heteroatoms. The van der Waals surface area contributed by atoms with Gasteiger partial charge in [-0.1, -0.05) is 0 Å². The number of hydrogen-bond acceptors (Lipinski definition) is 5. The third-order valence-corrected chi connectivity index (χ3v) is 6.08. The van der Waals surface area contributed by atoms with Crippen LogP contribution in [0.1, 0.15) is 24.2 Å². The van der Waals surface area contributed by atoms with Gasteiger partial charge in [-0.05, 0) is 26.7 Å². The summed E-state index contributed by atoms with van der Waals surface area (Å²) in [5, 5.41) is 4.16. The number of ether oxygens (including phenoxy) is 1. The molecule has 0 N–H and O–H groups in total. The number of methoxy groups -OCH3 is 1. The molecule has 1 saturated heterocycles. The first-order chi connectivity index (χ1) is 9.78. The van der Waals surface area contributed by atoms with Gasteiger partial charge in [-0.3, -0.25) is 9.48 Å². The van der Waals surface area contributed by atoms with Crippen molar-refractivity contribution in [2.75, 3.05) is 20.2 Å². The minimum Gasteiger partial charge on any atom is -0.469 e. The number of carbonyl (C=O) groups excluding carboxylic acids is 1. The first-order valence-electron chi connectivity index (χ1n) is 6.87. The van der Waals surface area contributed by atoms with Crippen molar-refractivity contribution in [1.82, 2.24) is 14.1 Å². The largest absolute Gasteiger partial charge is 0.469 e. The standard InChI is InChI=1S/C13H21N3O4S/c1-9-12(10(2)15(3)14-9)21(18,19)16-7-5-6-11(8-16)13(17)20-4/h11H,5-8H2,1-4H3/t11-/m0/s1. The van der Waals surface area contributed by atoms with E-state index in [2.05, 4.69) is 5.10 Å². The van der Waals surface area contributed by atoms with Gasteiger partial charge in [0, 0.05) is 20.1 Å². The lowest BCUT2D eigenvalue weighted by atomic mass is 10.0. The number of sulfonamides is 1. The van der Waals surface area contributed by atoms with Crippen LogP contribution >= 0.6 is 0 Å². The van der Waals surface area contributed by atoms with Crippen LogP contribution in [0.25, 0.3) is 0 Å². The Morgan fingerprint density at radius 2 is 2.05 bits per heavy atom. The van der Waals surface area contributed by atoms with Crippen molar-refractivity contribution in [3.63, 3.8) is 0 Å². The van der Waals surface area contributed by atoms with Crippen molar-refractivity contribution in [2.24, 2.45) is 13.0 Å². The average molecular weight is 315 g/mol. The van der Waals surface area contributed by atoms with Crippen molar-refractivity contribution < 1.29 is 17.9 Å². The maximum atomic E-state index is 12.8. The Labute approximate surface area is 124 Å². The summed E-state index contributed by atoms with van der Waals surface area (Å²) >= 11 is 0. The van der Waals surface area contributed by atoms with E-state index >= 15 is 0 Å². The van der Waals surface area contributed by atoms with Crippen LogP contribution in [0.3, 0.4) is 0 Å². The summed E-state index contributed by atoms with van der Waals surface area (Å²) in [5.41, 5.74) is 1.09. The number of nitrogens with zero attached hydrogens (tertiary/aromatic N) is 3. The summed E-state index contributed by atoms with van der Waals surface area (Å²) in [6.45, 7) is 4.00. The van der Waals surface area contributed by atoms with Crippen molar-refractivity contribution in [1.29, 1.82) is 0 Å². The molecule has 0 aliphatic carbocycles. The van der Waals surface area contributed by atoms with Gasteiger partial charge < -0.3 is 4.74 Å². The second-order valence-corrected chi connectivity index (χ2v) is 7.22. The first kappa shape index (κ1) is 16.0. The molecular weight excluding hydrogens is 294 g/mol. The summed E-state index contributed by atoms with van der Waals surface area (Å²) in [6.07, 6.45) is 1.31. The summed E-state index contributed by atoms with van der Waals surface area (Å²) in [6, 6.07) is 0. The molecule has 2 heterocycles. The Bertz CT molecular complexity index is 651. The Hall–Kier alpha value is -1.41. The Balaban J connectivity index is 2.33. The van der Waals surface area contributed by atoms with Gasteiger partial charge in [0.15, 0.2) is 0 Å². The molecule has 0 bridgehead atoms. The van der Waals surface area contributed by atoms with Crippen molar-refractivity contribution in [2.45, 2.75) is 31.6 Å². The van der Waals surface area contributed by atoms with Crippen molar-refractivity contribution in [3.05, 3.63) is 11.4 Å². The monoisotopic (exact) mass is 315 g/mol. The van der Waals surface area contributed by atoms with Crippen LogP contribution in [0.2, 0.25) is 0 Å². The number of piperidine rings is 1. The highest BCUT2D eigenvalue weighted by Crippen LogP contribution is 2.27. The van der Waals surface area contributed by atoms with E-state index < -0.39 is 15.9 Å². The van der Waals surface area contributed by atoms with Crippen LogP contribution in [0, 0.1) is 19.8 Å². The molecular formula is C13H21N3O4S. The highest BCUT2D eigenvalue weighted by molar-refractivity contribution is 7.89. The van der Waals surface area contributed by atoms with E-state index in [9.17, 15) is 13.2 Å². The average Bonchev–Trinajstić information content (AvgIpc) is 2.71. The predicted molar refractivity (Wildman–Crippen MR) is 76.2 cm³/mol. The normalized spacial score (nSPS) is 20.5. The molecule has 0 unspecified atom stereocenters. The van der Waals surface area contributed by atoms with Crippen LogP contribution in [0.5, 0.6) is 0 Å². The molecule has 1 aliphatic rings. The summed E-state index contributed by atoms with van der Waals surface area (Å²) < 4.78 is 33.3. The van der Waals surface area contributed by atoms with Gasteiger partial charge in [0.05, 0.1) is 24.4 Å². The highest BCUT2D eigenvalue weighted by atomic mass is 32.2. The van der Waals surface area contributed by atoms with Gasteiger partial charge in [-0.2, -0.15) is 9.40 Å². The third kappa shape index (κ3) is 2.82. The fraction of sp³-hybridized carbons (Fsp3) is 0.692. The van der Waals surface area contributed by atoms with E-state index in [0.29, 0.717) is 30.8 Å². The maximum absolute atomic E-state index is 12.8. The molecule has 0 aromatic carbocycles. The van der Waals surface area contributed by atoms with Gasteiger partial charge >= 0.3 is 5.97 Å². The molecule has 1 aromatic rings. The lowest BCUT2D eigenvalue weighted by Crippen LogP contribution is -2.42. The van der Waals surface area contributed by atoms with E-state index in [0.717, 1.165) is 0 Å². The SMILES string of the molecule is COC(=O)[C@H]1CCCN(S(=O)(=O)c2c(C)nn(C)c2C)C1. The van der Waals surface area contributed by atoms with E-state index in [1.54, 1.807) is 25.6 Å².